The Kier molecular flexibility index (Phi) is 3.24. The number of fused-ring (bicyclic) bond motifs is 1. The largest absolute Gasteiger partial charge is 0.352 e. The van der Waals surface area contributed by atoms with Gasteiger partial charge in [0.2, 0.25) is 0 Å². The van der Waals surface area contributed by atoms with Crippen molar-refractivity contribution in [2.75, 3.05) is 6.54 Å². The van der Waals surface area contributed by atoms with E-state index in [1.165, 1.54) is 6.07 Å². The minimum atomic E-state index is -0.573. The van der Waals surface area contributed by atoms with E-state index in [1.807, 2.05) is 12.1 Å². The Bertz CT molecular complexity index is 669. The van der Waals surface area contributed by atoms with Crippen molar-refractivity contribution < 1.29 is 9.18 Å². The average molecular weight is 270 g/mol. The summed E-state index contributed by atoms with van der Waals surface area (Å²) in [6.07, 6.45) is 0.816. The van der Waals surface area contributed by atoms with Crippen molar-refractivity contribution in [1.29, 1.82) is 0 Å². The number of carbonyl (C=O) groups excluding carboxylic acids is 1. The maximum Gasteiger partial charge on any atom is 0.251 e. The summed E-state index contributed by atoms with van der Waals surface area (Å²) in [7, 11) is 0. The molecule has 1 heterocycles. The third-order valence-electron chi connectivity index (χ3n) is 3.66. The monoisotopic (exact) mass is 270 g/mol. The van der Waals surface area contributed by atoms with Gasteiger partial charge in [0.15, 0.2) is 0 Å². The Balaban J connectivity index is 2.01. The van der Waals surface area contributed by atoms with E-state index in [0.29, 0.717) is 17.7 Å². The van der Waals surface area contributed by atoms with Gasteiger partial charge < -0.3 is 11.1 Å². The maximum absolute atomic E-state index is 13.8. The van der Waals surface area contributed by atoms with Gasteiger partial charge in [0.05, 0.1) is 6.04 Å². The molecule has 2 aromatic carbocycles. The van der Waals surface area contributed by atoms with Crippen LogP contribution in [-0.2, 0) is 6.42 Å². The number of rotatable bonds is 2. The Morgan fingerprint density at radius 2 is 2.00 bits per heavy atom. The summed E-state index contributed by atoms with van der Waals surface area (Å²) >= 11 is 0. The van der Waals surface area contributed by atoms with Crippen molar-refractivity contribution in [3.63, 3.8) is 0 Å². The van der Waals surface area contributed by atoms with Crippen LogP contribution < -0.4 is 11.1 Å². The molecule has 3 rings (SSSR count). The van der Waals surface area contributed by atoms with Crippen molar-refractivity contribution >= 4 is 5.91 Å². The van der Waals surface area contributed by atoms with Gasteiger partial charge in [-0.15, -0.1) is 0 Å². The van der Waals surface area contributed by atoms with Crippen LogP contribution in [0.15, 0.2) is 42.5 Å². The summed E-state index contributed by atoms with van der Waals surface area (Å²) in [6.45, 7) is 0.657. The molecule has 4 heteroatoms. The Hall–Kier alpha value is -2.20. The third kappa shape index (κ3) is 2.18. The van der Waals surface area contributed by atoms with E-state index in [2.05, 4.69) is 5.32 Å². The zero-order valence-electron chi connectivity index (χ0n) is 10.9. The fourth-order valence-corrected chi connectivity index (χ4v) is 2.53. The molecule has 0 saturated heterocycles. The van der Waals surface area contributed by atoms with Gasteiger partial charge in [-0.3, -0.25) is 4.79 Å². The van der Waals surface area contributed by atoms with Crippen LogP contribution in [-0.4, -0.2) is 12.5 Å². The van der Waals surface area contributed by atoms with E-state index in [1.54, 1.807) is 24.3 Å². The molecule has 0 radical (unpaired) electrons. The molecule has 0 spiro atoms. The fourth-order valence-electron chi connectivity index (χ4n) is 2.53. The zero-order valence-corrected chi connectivity index (χ0v) is 10.9. The summed E-state index contributed by atoms with van der Waals surface area (Å²) in [6, 6.07) is 11.4. The number of nitrogens with two attached hydrogens (primary N) is 1. The Morgan fingerprint density at radius 1 is 1.20 bits per heavy atom. The van der Waals surface area contributed by atoms with Crippen LogP contribution in [0, 0.1) is 5.82 Å². The normalized spacial score (nSPS) is 15.4. The average Bonchev–Trinajstić information content (AvgIpc) is 2.47. The van der Waals surface area contributed by atoms with Gasteiger partial charge in [-0.25, -0.2) is 4.39 Å². The molecular formula is C16H15FN2O. The fraction of sp³-hybridized carbons (Fsp3) is 0.188. The number of carbonyl (C=O) groups is 1. The Labute approximate surface area is 116 Å². The number of nitrogens with one attached hydrogen (secondary N) is 1. The van der Waals surface area contributed by atoms with Gasteiger partial charge in [0.1, 0.15) is 5.82 Å². The lowest BCUT2D eigenvalue weighted by atomic mass is 9.92. The number of halogens is 1. The molecule has 0 bridgehead atoms. The Morgan fingerprint density at radius 3 is 2.80 bits per heavy atom. The van der Waals surface area contributed by atoms with E-state index < -0.39 is 6.04 Å². The summed E-state index contributed by atoms with van der Waals surface area (Å²) in [5, 5.41) is 2.80. The van der Waals surface area contributed by atoms with Gasteiger partial charge >= 0.3 is 0 Å². The molecule has 1 aliphatic rings. The molecule has 1 aliphatic heterocycles. The summed E-state index contributed by atoms with van der Waals surface area (Å²) < 4.78 is 13.8. The lowest BCUT2D eigenvalue weighted by Crippen LogP contribution is -2.32. The summed E-state index contributed by atoms with van der Waals surface area (Å²) in [5.41, 5.74) is 8.95. The zero-order chi connectivity index (χ0) is 14.1. The third-order valence-corrected chi connectivity index (χ3v) is 3.66. The molecule has 102 valence electrons. The quantitative estimate of drug-likeness (QED) is 0.878. The molecular weight excluding hydrogens is 255 g/mol. The van der Waals surface area contributed by atoms with Crippen LogP contribution in [0.1, 0.15) is 33.1 Å². The second-order valence-corrected chi connectivity index (χ2v) is 4.92. The van der Waals surface area contributed by atoms with Crippen LogP contribution in [0.4, 0.5) is 4.39 Å². The first kappa shape index (κ1) is 12.8. The molecule has 1 unspecified atom stereocenters. The second kappa shape index (κ2) is 5.06. The van der Waals surface area contributed by atoms with Crippen molar-refractivity contribution in [2.45, 2.75) is 12.5 Å². The highest BCUT2D eigenvalue weighted by Crippen LogP contribution is 2.25. The number of hydrogen-bond acceptors (Lipinski definition) is 2. The number of benzene rings is 2. The predicted molar refractivity (Wildman–Crippen MR) is 74.9 cm³/mol. The minimum absolute atomic E-state index is 0.0890. The molecule has 3 nitrogen and oxygen atoms in total. The predicted octanol–water partition coefficient (Wildman–Crippen LogP) is 2.16. The van der Waals surface area contributed by atoms with Gasteiger partial charge in [-0.1, -0.05) is 30.3 Å². The highest BCUT2D eigenvalue weighted by molar-refractivity contribution is 5.96. The van der Waals surface area contributed by atoms with Crippen LogP contribution >= 0.6 is 0 Å². The smallest absolute Gasteiger partial charge is 0.251 e. The van der Waals surface area contributed by atoms with Crippen LogP contribution in [0.5, 0.6) is 0 Å². The molecule has 0 aliphatic carbocycles. The van der Waals surface area contributed by atoms with Gasteiger partial charge in [-0.05, 0) is 29.7 Å². The first-order valence-corrected chi connectivity index (χ1v) is 6.58. The lowest BCUT2D eigenvalue weighted by molar-refractivity contribution is 0.0946. The van der Waals surface area contributed by atoms with Gasteiger partial charge in [0, 0.05) is 17.7 Å². The van der Waals surface area contributed by atoms with E-state index in [9.17, 15) is 9.18 Å². The highest BCUT2D eigenvalue weighted by atomic mass is 19.1. The number of hydrogen-bond donors (Lipinski definition) is 2. The summed E-state index contributed by atoms with van der Waals surface area (Å²) in [4.78, 5) is 11.8. The minimum Gasteiger partial charge on any atom is -0.352 e. The summed E-state index contributed by atoms with van der Waals surface area (Å²) in [5.74, 6) is -0.420. The first-order valence-electron chi connectivity index (χ1n) is 6.58. The molecule has 0 aromatic heterocycles. The molecule has 3 N–H and O–H groups in total. The standard InChI is InChI=1S/C16H15FN2O/c17-14-4-2-1-3-12(14)15(18)11-6-5-10-7-8-19-16(20)13(10)9-11/h1-6,9,15H,7-8,18H2,(H,19,20). The molecule has 0 fully saturated rings. The van der Waals surface area contributed by atoms with Crippen molar-refractivity contribution in [3.8, 4) is 0 Å². The SMILES string of the molecule is NC(c1ccc2c(c1)C(=O)NCC2)c1ccccc1F. The number of amides is 1. The van der Waals surface area contributed by atoms with E-state index >= 15 is 0 Å². The highest BCUT2D eigenvalue weighted by Gasteiger charge is 2.20. The van der Waals surface area contributed by atoms with E-state index in [-0.39, 0.29) is 11.7 Å². The van der Waals surface area contributed by atoms with Gasteiger partial charge in [0.25, 0.3) is 5.91 Å². The van der Waals surface area contributed by atoms with Crippen LogP contribution in [0.3, 0.4) is 0 Å². The molecule has 0 saturated carbocycles. The lowest BCUT2D eigenvalue weighted by Gasteiger charge is -2.19. The maximum atomic E-state index is 13.8. The molecule has 2 aromatic rings. The molecule has 20 heavy (non-hydrogen) atoms. The molecule has 1 amide bonds. The van der Waals surface area contributed by atoms with Crippen molar-refractivity contribution in [2.24, 2.45) is 5.73 Å². The van der Waals surface area contributed by atoms with Crippen LogP contribution in [0.2, 0.25) is 0 Å². The second-order valence-electron chi connectivity index (χ2n) is 4.92. The topological polar surface area (TPSA) is 55.1 Å². The van der Waals surface area contributed by atoms with Crippen molar-refractivity contribution in [1.82, 2.24) is 5.32 Å². The van der Waals surface area contributed by atoms with Gasteiger partial charge in [-0.2, -0.15) is 0 Å². The van der Waals surface area contributed by atoms with E-state index in [0.717, 1.165) is 17.5 Å². The van der Waals surface area contributed by atoms with Crippen molar-refractivity contribution in [3.05, 3.63) is 70.5 Å². The van der Waals surface area contributed by atoms with Crippen LogP contribution in [0.25, 0.3) is 0 Å². The van der Waals surface area contributed by atoms with E-state index in [4.69, 9.17) is 5.73 Å². The molecule has 1 atom stereocenters. The first-order chi connectivity index (χ1) is 9.66.